The number of rotatable bonds is 5. The largest absolute Gasteiger partial charge is 0.486 e. The molecule has 0 saturated carbocycles. The summed E-state index contributed by atoms with van der Waals surface area (Å²) in [7, 11) is 2.79. The number of hydrogen-bond donors (Lipinski definition) is 0. The van der Waals surface area contributed by atoms with E-state index in [0.29, 0.717) is 0 Å². The Labute approximate surface area is 114 Å². The van der Waals surface area contributed by atoms with E-state index >= 15 is 0 Å². The second kappa shape index (κ2) is 6.16. The summed E-state index contributed by atoms with van der Waals surface area (Å²) in [5.41, 5.74) is 0.268. The molecule has 0 N–H and O–H groups in total. The van der Waals surface area contributed by atoms with Gasteiger partial charge in [-0.25, -0.2) is 13.8 Å². The van der Waals surface area contributed by atoms with Crippen LogP contribution in [0.4, 0.5) is 8.78 Å². The maximum atomic E-state index is 12.7. The van der Waals surface area contributed by atoms with Gasteiger partial charge >= 0.3 is 0 Å². The molecular weight excluding hydrogens is 280 g/mol. The quantitative estimate of drug-likeness (QED) is 0.783. The van der Waals surface area contributed by atoms with Crippen molar-refractivity contribution in [1.82, 2.24) is 5.06 Å². The highest BCUT2D eigenvalue weighted by molar-refractivity contribution is 6.32. The number of halogens is 3. The van der Waals surface area contributed by atoms with E-state index in [4.69, 9.17) is 21.2 Å². The van der Waals surface area contributed by atoms with Crippen LogP contribution in [0, 0.1) is 0 Å². The minimum absolute atomic E-state index is 0.0830. The van der Waals surface area contributed by atoms with Crippen LogP contribution >= 0.6 is 11.6 Å². The third-order valence-electron chi connectivity index (χ3n) is 2.22. The number of hydroxylamine groups is 2. The van der Waals surface area contributed by atoms with Gasteiger partial charge < -0.3 is 4.74 Å². The summed E-state index contributed by atoms with van der Waals surface area (Å²) in [6.45, 7) is -0.0374. The number of benzene rings is 1. The molecule has 0 fully saturated rings. The SMILES string of the molecule is CON(C)C(=O)c1ccc(OCC(C)(F)F)c(Cl)c1. The van der Waals surface area contributed by atoms with E-state index in [1.165, 1.54) is 32.4 Å². The zero-order valence-electron chi connectivity index (χ0n) is 10.7. The molecule has 0 unspecified atom stereocenters. The number of ether oxygens (including phenoxy) is 1. The minimum Gasteiger partial charge on any atom is -0.486 e. The van der Waals surface area contributed by atoms with Crippen LogP contribution in [0.5, 0.6) is 5.75 Å². The second-order valence-electron chi connectivity index (χ2n) is 3.99. The van der Waals surface area contributed by atoms with E-state index in [-0.39, 0.29) is 16.3 Å². The normalized spacial score (nSPS) is 11.3. The predicted octanol–water partition coefficient (Wildman–Crippen LogP) is 3.01. The topological polar surface area (TPSA) is 38.8 Å². The van der Waals surface area contributed by atoms with Gasteiger partial charge in [0.2, 0.25) is 0 Å². The number of nitrogens with zero attached hydrogens (tertiary/aromatic N) is 1. The highest BCUT2D eigenvalue weighted by atomic mass is 35.5. The van der Waals surface area contributed by atoms with Crippen LogP contribution in [0.3, 0.4) is 0 Å². The van der Waals surface area contributed by atoms with E-state index in [0.717, 1.165) is 12.0 Å². The summed E-state index contributed by atoms with van der Waals surface area (Å²) in [6, 6.07) is 4.13. The minimum atomic E-state index is -2.95. The van der Waals surface area contributed by atoms with E-state index in [1.807, 2.05) is 0 Å². The van der Waals surface area contributed by atoms with Gasteiger partial charge in [-0.2, -0.15) is 0 Å². The summed E-state index contributed by atoms with van der Waals surface area (Å²) < 4.78 is 30.2. The summed E-state index contributed by atoms with van der Waals surface area (Å²) in [6.07, 6.45) is 0. The fraction of sp³-hybridized carbons (Fsp3) is 0.417. The van der Waals surface area contributed by atoms with Crippen LogP contribution in [0.15, 0.2) is 18.2 Å². The molecule has 1 aromatic rings. The third kappa shape index (κ3) is 4.65. The van der Waals surface area contributed by atoms with Crippen LogP contribution in [0.1, 0.15) is 17.3 Å². The first kappa shape index (κ1) is 15.7. The van der Waals surface area contributed by atoms with Crippen molar-refractivity contribution < 1.29 is 23.1 Å². The van der Waals surface area contributed by atoms with Crippen molar-refractivity contribution in [3.8, 4) is 5.75 Å². The summed E-state index contributed by atoms with van der Waals surface area (Å²) >= 11 is 5.87. The van der Waals surface area contributed by atoms with Gasteiger partial charge in [0, 0.05) is 19.5 Å². The summed E-state index contributed by atoms with van der Waals surface area (Å²) in [5.74, 6) is -3.26. The molecule has 106 valence electrons. The number of carbonyl (C=O) groups is 1. The van der Waals surface area contributed by atoms with Gasteiger partial charge in [-0.15, -0.1) is 0 Å². The Bertz CT molecular complexity index is 463. The Hall–Kier alpha value is -1.40. The molecule has 0 bridgehead atoms. The first-order valence-corrected chi connectivity index (χ1v) is 5.75. The van der Waals surface area contributed by atoms with Gasteiger partial charge in [-0.05, 0) is 18.2 Å². The Morgan fingerprint density at radius 1 is 1.47 bits per heavy atom. The molecular formula is C12H14ClF2NO3. The molecule has 0 aromatic heterocycles. The predicted molar refractivity (Wildman–Crippen MR) is 66.7 cm³/mol. The molecule has 1 amide bonds. The Kier molecular flexibility index (Phi) is 5.08. The van der Waals surface area contributed by atoms with Gasteiger partial charge in [0.05, 0.1) is 12.1 Å². The summed E-state index contributed by atoms with van der Waals surface area (Å²) in [5, 5.41) is 1.10. The maximum absolute atomic E-state index is 12.7. The molecule has 0 aliphatic heterocycles. The van der Waals surface area contributed by atoms with Crippen LogP contribution in [-0.2, 0) is 4.84 Å². The first-order valence-electron chi connectivity index (χ1n) is 5.37. The lowest BCUT2D eigenvalue weighted by Gasteiger charge is -2.15. The lowest BCUT2D eigenvalue weighted by atomic mass is 10.2. The molecule has 1 rings (SSSR count). The highest BCUT2D eigenvalue weighted by Crippen LogP contribution is 2.27. The van der Waals surface area contributed by atoms with Crippen molar-refractivity contribution in [2.24, 2.45) is 0 Å². The van der Waals surface area contributed by atoms with Crippen molar-refractivity contribution in [3.05, 3.63) is 28.8 Å². The van der Waals surface area contributed by atoms with Gasteiger partial charge in [0.15, 0.2) is 6.61 Å². The average molecular weight is 294 g/mol. The first-order chi connectivity index (χ1) is 8.74. The number of carbonyl (C=O) groups excluding carboxylic acids is 1. The molecule has 0 atom stereocenters. The Morgan fingerprint density at radius 3 is 2.58 bits per heavy atom. The fourth-order valence-electron chi connectivity index (χ4n) is 1.22. The zero-order chi connectivity index (χ0) is 14.6. The Balaban J connectivity index is 2.83. The van der Waals surface area contributed by atoms with Gasteiger partial charge in [-0.1, -0.05) is 11.6 Å². The smallest absolute Gasteiger partial charge is 0.278 e. The molecule has 0 saturated heterocycles. The van der Waals surface area contributed by atoms with E-state index in [1.54, 1.807) is 0 Å². The van der Waals surface area contributed by atoms with Crippen molar-refractivity contribution in [2.45, 2.75) is 12.8 Å². The average Bonchev–Trinajstić information content (AvgIpc) is 2.34. The Morgan fingerprint density at radius 2 is 2.11 bits per heavy atom. The van der Waals surface area contributed by atoms with E-state index in [2.05, 4.69) is 0 Å². The second-order valence-corrected chi connectivity index (χ2v) is 4.40. The van der Waals surface area contributed by atoms with Crippen molar-refractivity contribution in [2.75, 3.05) is 20.8 Å². The van der Waals surface area contributed by atoms with Gasteiger partial charge in [-0.3, -0.25) is 9.63 Å². The van der Waals surface area contributed by atoms with Crippen LogP contribution in [-0.4, -0.2) is 37.7 Å². The molecule has 0 aliphatic rings. The molecule has 4 nitrogen and oxygen atoms in total. The molecule has 7 heteroatoms. The lowest BCUT2D eigenvalue weighted by molar-refractivity contribution is -0.0757. The lowest BCUT2D eigenvalue weighted by Crippen LogP contribution is -2.25. The van der Waals surface area contributed by atoms with Crippen LogP contribution < -0.4 is 4.74 Å². The summed E-state index contributed by atoms with van der Waals surface area (Å²) in [4.78, 5) is 16.5. The van der Waals surface area contributed by atoms with Gasteiger partial charge in [0.1, 0.15) is 5.75 Å². The number of amides is 1. The van der Waals surface area contributed by atoms with Crippen molar-refractivity contribution in [1.29, 1.82) is 0 Å². The third-order valence-corrected chi connectivity index (χ3v) is 2.52. The van der Waals surface area contributed by atoms with Crippen LogP contribution in [0.2, 0.25) is 5.02 Å². The van der Waals surface area contributed by atoms with E-state index in [9.17, 15) is 13.6 Å². The maximum Gasteiger partial charge on any atom is 0.278 e. The highest BCUT2D eigenvalue weighted by Gasteiger charge is 2.23. The molecule has 0 spiro atoms. The zero-order valence-corrected chi connectivity index (χ0v) is 11.5. The van der Waals surface area contributed by atoms with Crippen molar-refractivity contribution in [3.63, 3.8) is 0 Å². The molecule has 19 heavy (non-hydrogen) atoms. The standard InChI is InChI=1S/C12H14ClF2NO3/c1-12(14,15)7-19-10-5-4-8(6-9(10)13)11(17)16(2)18-3/h4-6H,7H2,1-3H3. The molecule has 0 radical (unpaired) electrons. The molecule has 0 aliphatic carbocycles. The molecule has 0 heterocycles. The molecule has 1 aromatic carbocycles. The monoisotopic (exact) mass is 293 g/mol. The number of hydrogen-bond acceptors (Lipinski definition) is 3. The van der Waals surface area contributed by atoms with Crippen molar-refractivity contribution >= 4 is 17.5 Å². The number of alkyl halides is 2. The van der Waals surface area contributed by atoms with Gasteiger partial charge in [0.25, 0.3) is 11.8 Å². The fourth-order valence-corrected chi connectivity index (χ4v) is 1.46. The van der Waals surface area contributed by atoms with Crippen LogP contribution in [0.25, 0.3) is 0 Å². The van der Waals surface area contributed by atoms with E-state index < -0.39 is 18.4 Å².